The van der Waals surface area contributed by atoms with Crippen LogP contribution >= 0.6 is 0 Å². The van der Waals surface area contributed by atoms with Crippen LogP contribution in [0.1, 0.15) is 39.2 Å². The molecule has 1 N–H and O–H groups in total. The summed E-state index contributed by atoms with van der Waals surface area (Å²) in [4.78, 5) is 24.4. The van der Waals surface area contributed by atoms with Crippen molar-refractivity contribution in [1.29, 1.82) is 0 Å². The minimum atomic E-state index is -1.06. The highest BCUT2D eigenvalue weighted by atomic mass is 16.6. The molecule has 5 nitrogen and oxygen atoms in total. The molecule has 0 saturated heterocycles. The second-order valence-electron chi connectivity index (χ2n) is 6.66. The van der Waals surface area contributed by atoms with Gasteiger partial charge in [0.1, 0.15) is 5.60 Å². The average Bonchev–Trinajstić information content (AvgIpc) is 3.02. The number of esters is 1. The van der Waals surface area contributed by atoms with Crippen molar-refractivity contribution in [3.05, 3.63) is 35.9 Å². The summed E-state index contributed by atoms with van der Waals surface area (Å²) in [6.07, 6.45) is -0.608. The maximum absolute atomic E-state index is 12.3. The fourth-order valence-corrected chi connectivity index (χ4v) is 2.97. The predicted molar refractivity (Wildman–Crippen MR) is 82.5 cm³/mol. The van der Waals surface area contributed by atoms with E-state index in [0.29, 0.717) is 0 Å². The lowest BCUT2D eigenvalue weighted by Gasteiger charge is -2.23. The minimum Gasteiger partial charge on any atom is -0.467 e. The molecule has 1 aromatic carbocycles. The lowest BCUT2D eigenvalue weighted by Crippen LogP contribution is -2.48. The number of amides is 1. The van der Waals surface area contributed by atoms with Crippen LogP contribution in [0.15, 0.2) is 30.3 Å². The topological polar surface area (TPSA) is 64.6 Å². The fourth-order valence-electron chi connectivity index (χ4n) is 2.97. The summed E-state index contributed by atoms with van der Waals surface area (Å²) in [5.41, 5.74) is -0.684. The van der Waals surface area contributed by atoms with Crippen LogP contribution in [0.3, 0.4) is 0 Å². The van der Waals surface area contributed by atoms with Gasteiger partial charge in [-0.05, 0) is 26.3 Å². The molecule has 0 radical (unpaired) electrons. The third-order valence-corrected chi connectivity index (χ3v) is 3.99. The van der Waals surface area contributed by atoms with Gasteiger partial charge < -0.3 is 14.8 Å². The summed E-state index contributed by atoms with van der Waals surface area (Å²) >= 11 is 0. The second kappa shape index (κ2) is 5.63. The van der Waals surface area contributed by atoms with Gasteiger partial charge in [-0.3, -0.25) is 0 Å². The Bertz CT molecular complexity index is 564. The maximum atomic E-state index is 12.3. The van der Waals surface area contributed by atoms with E-state index in [2.05, 4.69) is 5.32 Å². The van der Waals surface area contributed by atoms with E-state index in [4.69, 9.17) is 9.47 Å². The Morgan fingerprint density at radius 3 is 2.27 bits per heavy atom. The number of hydrogen-bond acceptors (Lipinski definition) is 4. The van der Waals surface area contributed by atoms with Crippen molar-refractivity contribution in [2.75, 3.05) is 7.11 Å². The lowest BCUT2D eigenvalue weighted by molar-refractivity contribution is -0.145. The zero-order valence-electron chi connectivity index (χ0n) is 13.7. The zero-order valence-corrected chi connectivity index (χ0v) is 13.7. The second-order valence-corrected chi connectivity index (χ2v) is 6.66. The molecule has 0 aromatic heterocycles. The molecule has 5 heteroatoms. The summed E-state index contributed by atoms with van der Waals surface area (Å²) in [7, 11) is 1.33. The fraction of sp³-hybridized carbons (Fsp3) is 0.529. The SMILES string of the molecule is COC(=O)[C@@]1(NC(=O)OC(C)(C)C)[C@H](C)[C@@H]1c1ccccc1. The Kier molecular flexibility index (Phi) is 4.18. The number of benzene rings is 1. The average molecular weight is 305 g/mol. The van der Waals surface area contributed by atoms with E-state index in [0.717, 1.165) is 5.56 Å². The molecule has 2 rings (SSSR count). The highest BCUT2D eigenvalue weighted by Gasteiger charge is 2.70. The molecule has 1 fully saturated rings. The molecule has 0 heterocycles. The largest absolute Gasteiger partial charge is 0.467 e. The summed E-state index contributed by atoms with van der Waals surface area (Å²) in [6.45, 7) is 7.26. The van der Waals surface area contributed by atoms with Gasteiger partial charge in [-0.15, -0.1) is 0 Å². The van der Waals surface area contributed by atoms with Gasteiger partial charge in [0.25, 0.3) is 0 Å². The molecule has 1 aromatic rings. The normalized spacial score (nSPS) is 27.0. The number of nitrogens with one attached hydrogen (secondary N) is 1. The Morgan fingerprint density at radius 2 is 1.77 bits per heavy atom. The monoisotopic (exact) mass is 305 g/mol. The Hall–Kier alpha value is -2.04. The quantitative estimate of drug-likeness (QED) is 0.872. The minimum absolute atomic E-state index is 0.0603. The molecule has 0 unspecified atom stereocenters. The van der Waals surface area contributed by atoms with Gasteiger partial charge in [0.2, 0.25) is 0 Å². The van der Waals surface area contributed by atoms with Crippen molar-refractivity contribution in [2.45, 2.75) is 44.8 Å². The van der Waals surface area contributed by atoms with E-state index in [1.165, 1.54) is 7.11 Å². The van der Waals surface area contributed by atoms with E-state index >= 15 is 0 Å². The number of ether oxygens (including phenoxy) is 2. The van der Waals surface area contributed by atoms with E-state index in [9.17, 15) is 9.59 Å². The molecule has 0 bridgehead atoms. The van der Waals surface area contributed by atoms with Gasteiger partial charge in [-0.1, -0.05) is 37.3 Å². The Morgan fingerprint density at radius 1 is 1.18 bits per heavy atom. The molecule has 0 spiro atoms. The van der Waals surface area contributed by atoms with E-state index in [1.54, 1.807) is 20.8 Å². The van der Waals surface area contributed by atoms with Crippen molar-refractivity contribution in [2.24, 2.45) is 5.92 Å². The highest BCUT2D eigenvalue weighted by Crippen LogP contribution is 2.58. The standard InChI is InChI=1S/C17H23NO4/c1-11-13(12-9-7-6-8-10-12)17(11,14(19)21-5)18-15(20)22-16(2,3)4/h6-11,13H,1-5H3,(H,18,20)/t11-,13-,17-/m1/s1. The number of carbonyl (C=O) groups is 2. The van der Waals surface area contributed by atoms with E-state index in [-0.39, 0.29) is 11.8 Å². The Labute approximate surface area is 131 Å². The first-order chi connectivity index (χ1) is 10.2. The first-order valence-electron chi connectivity index (χ1n) is 7.37. The molecule has 3 atom stereocenters. The molecule has 1 aliphatic rings. The van der Waals surface area contributed by atoms with Crippen molar-refractivity contribution < 1.29 is 19.1 Å². The third-order valence-electron chi connectivity index (χ3n) is 3.99. The first-order valence-corrected chi connectivity index (χ1v) is 7.37. The van der Waals surface area contributed by atoms with Gasteiger partial charge in [0.05, 0.1) is 7.11 Å². The smallest absolute Gasteiger partial charge is 0.408 e. The summed E-state index contributed by atoms with van der Waals surface area (Å²) in [6, 6.07) is 9.63. The van der Waals surface area contributed by atoms with Crippen LogP contribution in [0, 0.1) is 5.92 Å². The molecule has 22 heavy (non-hydrogen) atoms. The number of hydrogen-bond donors (Lipinski definition) is 1. The lowest BCUT2D eigenvalue weighted by atomic mass is 10.1. The van der Waals surface area contributed by atoms with Crippen LogP contribution in [0.4, 0.5) is 4.79 Å². The summed E-state index contributed by atoms with van der Waals surface area (Å²) < 4.78 is 10.2. The third kappa shape index (κ3) is 2.93. The van der Waals surface area contributed by atoms with E-state index < -0.39 is 23.2 Å². The molecule has 1 saturated carbocycles. The molecule has 1 amide bonds. The van der Waals surface area contributed by atoms with Crippen LogP contribution in [-0.2, 0) is 14.3 Å². The van der Waals surface area contributed by atoms with Crippen LogP contribution in [0.25, 0.3) is 0 Å². The van der Waals surface area contributed by atoms with Crippen molar-refractivity contribution in [3.8, 4) is 0 Å². The maximum Gasteiger partial charge on any atom is 0.408 e. The van der Waals surface area contributed by atoms with Gasteiger partial charge in [-0.2, -0.15) is 0 Å². The zero-order chi connectivity index (χ0) is 16.5. The van der Waals surface area contributed by atoms with Crippen molar-refractivity contribution in [1.82, 2.24) is 5.32 Å². The highest BCUT2D eigenvalue weighted by molar-refractivity contribution is 5.92. The number of alkyl carbamates (subject to hydrolysis) is 1. The number of rotatable bonds is 3. The van der Waals surface area contributed by atoms with Gasteiger partial charge in [-0.25, -0.2) is 9.59 Å². The molecular weight excluding hydrogens is 282 g/mol. The first kappa shape index (κ1) is 16.3. The molecule has 0 aliphatic heterocycles. The van der Waals surface area contributed by atoms with Crippen LogP contribution in [-0.4, -0.2) is 30.3 Å². The predicted octanol–water partition coefficient (Wildman–Crippen LogP) is 2.86. The van der Waals surface area contributed by atoms with Gasteiger partial charge in [0.15, 0.2) is 5.54 Å². The summed E-state index contributed by atoms with van der Waals surface area (Å²) in [5, 5.41) is 2.74. The van der Waals surface area contributed by atoms with Crippen LogP contribution in [0.5, 0.6) is 0 Å². The molecule has 1 aliphatic carbocycles. The van der Waals surface area contributed by atoms with Gasteiger partial charge in [0, 0.05) is 11.8 Å². The van der Waals surface area contributed by atoms with Crippen molar-refractivity contribution >= 4 is 12.1 Å². The Balaban J connectivity index is 2.24. The summed E-state index contributed by atoms with van der Waals surface area (Å²) in [5.74, 6) is -0.622. The van der Waals surface area contributed by atoms with Crippen LogP contribution < -0.4 is 5.32 Å². The van der Waals surface area contributed by atoms with E-state index in [1.807, 2.05) is 37.3 Å². The van der Waals surface area contributed by atoms with Crippen LogP contribution in [0.2, 0.25) is 0 Å². The number of methoxy groups -OCH3 is 1. The molecular formula is C17H23NO4. The molecule has 120 valence electrons. The number of carbonyl (C=O) groups excluding carboxylic acids is 2. The van der Waals surface area contributed by atoms with Gasteiger partial charge >= 0.3 is 12.1 Å². The van der Waals surface area contributed by atoms with Crippen molar-refractivity contribution in [3.63, 3.8) is 0 Å².